The summed E-state index contributed by atoms with van der Waals surface area (Å²) in [6.45, 7) is 5.54. The van der Waals surface area contributed by atoms with Crippen LogP contribution in [0.15, 0.2) is 53.5 Å². The van der Waals surface area contributed by atoms with Crippen LogP contribution in [0, 0.1) is 0 Å². The minimum absolute atomic E-state index is 0. The van der Waals surface area contributed by atoms with E-state index in [9.17, 15) is 9.59 Å². The minimum atomic E-state index is 0. The first-order chi connectivity index (χ1) is 16.1. The van der Waals surface area contributed by atoms with Crippen molar-refractivity contribution in [1.82, 2.24) is 15.5 Å². The second kappa shape index (κ2) is 12.7. The summed E-state index contributed by atoms with van der Waals surface area (Å²) in [4.78, 5) is 31.6. The Balaban J connectivity index is 0.00000324. The van der Waals surface area contributed by atoms with Gasteiger partial charge in [0, 0.05) is 49.8 Å². The van der Waals surface area contributed by atoms with Crippen LogP contribution in [0.2, 0.25) is 0 Å². The third-order valence-electron chi connectivity index (χ3n) is 6.20. The Morgan fingerprint density at radius 2 is 1.88 bits per heavy atom. The first kappa shape index (κ1) is 26.0. The molecule has 34 heavy (non-hydrogen) atoms. The Kier molecular flexibility index (Phi) is 9.74. The molecule has 1 saturated heterocycles. The van der Waals surface area contributed by atoms with Crippen molar-refractivity contribution in [2.45, 2.75) is 45.1 Å². The van der Waals surface area contributed by atoms with E-state index in [0.717, 1.165) is 54.9 Å². The molecule has 2 aromatic carbocycles. The highest BCUT2D eigenvalue weighted by Gasteiger charge is 2.24. The average Bonchev–Trinajstić information content (AvgIpc) is 2.85. The molecule has 0 spiro atoms. The summed E-state index contributed by atoms with van der Waals surface area (Å²) in [5.41, 5.74) is 3.76. The van der Waals surface area contributed by atoms with Gasteiger partial charge in [-0.1, -0.05) is 30.3 Å². The van der Waals surface area contributed by atoms with Gasteiger partial charge in [-0.15, -0.1) is 24.0 Å². The molecule has 1 unspecified atom stereocenters. The number of nitrogens with one attached hydrogen (secondary N) is 3. The van der Waals surface area contributed by atoms with E-state index in [4.69, 9.17) is 4.99 Å². The number of piperidine rings is 1. The number of carbonyl (C=O) groups is 2. The normalized spacial score (nSPS) is 17.8. The number of halogens is 1. The molecule has 0 bridgehead atoms. The molecule has 4 rings (SSSR count). The van der Waals surface area contributed by atoms with E-state index < -0.39 is 0 Å². The number of nitrogens with zero attached hydrogens (tertiary/aromatic N) is 2. The minimum Gasteiger partial charge on any atom is -0.357 e. The molecule has 0 saturated carbocycles. The van der Waals surface area contributed by atoms with E-state index in [2.05, 4.69) is 22.0 Å². The lowest BCUT2D eigenvalue weighted by atomic mass is 9.90. The van der Waals surface area contributed by atoms with Crippen molar-refractivity contribution in [2.24, 2.45) is 4.99 Å². The Morgan fingerprint density at radius 1 is 1.09 bits per heavy atom. The fraction of sp³-hybridized carbons (Fsp3) is 0.423. The molecule has 8 heteroatoms. The smallest absolute Gasteiger partial charge is 0.253 e. The second-order valence-corrected chi connectivity index (χ2v) is 8.67. The van der Waals surface area contributed by atoms with Crippen LogP contribution in [0.25, 0.3) is 0 Å². The van der Waals surface area contributed by atoms with E-state index in [1.807, 2.05) is 54.3 Å². The van der Waals surface area contributed by atoms with Gasteiger partial charge in [0.15, 0.2) is 5.96 Å². The molecule has 2 aliphatic rings. The first-order valence-electron chi connectivity index (χ1n) is 11.9. The summed E-state index contributed by atoms with van der Waals surface area (Å²) in [6, 6.07) is 15.7. The third-order valence-corrected chi connectivity index (χ3v) is 6.20. The molecule has 2 heterocycles. The average molecular weight is 575 g/mol. The summed E-state index contributed by atoms with van der Waals surface area (Å²) in [5.74, 6) is 0.940. The molecule has 0 aromatic heterocycles. The number of carbonyl (C=O) groups excluding carboxylic acids is 2. The third kappa shape index (κ3) is 6.71. The number of fused-ring (bicyclic) bond motifs is 1. The molecule has 7 nitrogen and oxygen atoms in total. The number of amides is 2. The summed E-state index contributed by atoms with van der Waals surface area (Å²) in [7, 11) is 0. The van der Waals surface area contributed by atoms with Crippen LogP contribution in [-0.4, -0.2) is 48.9 Å². The van der Waals surface area contributed by atoms with Gasteiger partial charge in [-0.05, 0) is 55.5 Å². The number of benzene rings is 2. The molecular weight excluding hydrogens is 541 g/mol. The van der Waals surface area contributed by atoms with Crippen molar-refractivity contribution in [3.05, 3.63) is 65.2 Å². The summed E-state index contributed by atoms with van der Waals surface area (Å²) >= 11 is 0. The maximum absolute atomic E-state index is 12.8. The maximum Gasteiger partial charge on any atom is 0.253 e. The molecule has 182 valence electrons. The van der Waals surface area contributed by atoms with E-state index in [0.29, 0.717) is 25.5 Å². The number of likely N-dealkylation sites (tertiary alicyclic amines) is 1. The van der Waals surface area contributed by atoms with Crippen LogP contribution in [0.5, 0.6) is 0 Å². The molecular formula is C26H34IN5O2. The van der Waals surface area contributed by atoms with Gasteiger partial charge in [0.05, 0.1) is 6.54 Å². The van der Waals surface area contributed by atoms with Crippen molar-refractivity contribution in [2.75, 3.05) is 31.5 Å². The van der Waals surface area contributed by atoms with Crippen molar-refractivity contribution >= 4 is 47.4 Å². The summed E-state index contributed by atoms with van der Waals surface area (Å²) < 4.78 is 0. The number of rotatable bonds is 6. The fourth-order valence-corrected chi connectivity index (χ4v) is 4.50. The monoisotopic (exact) mass is 575 g/mol. The van der Waals surface area contributed by atoms with Crippen LogP contribution < -0.4 is 16.0 Å². The zero-order valence-electron chi connectivity index (χ0n) is 19.7. The van der Waals surface area contributed by atoms with Gasteiger partial charge in [-0.2, -0.15) is 0 Å². The summed E-state index contributed by atoms with van der Waals surface area (Å²) in [5, 5.41) is 9.62. The van der Waals surface area contributed by atoms with Gasteiger partial charge in [0.2, 0.25) is 5.91 Å². The second-order valence-electron chi connectivity index (χ2n) is 8.67. The number of guanidine groups is 1. The van der Waals surface area contributed by atoms with Crippen LogP contribution in [0.4, 0.5) is 5.69 Å². The van der Waals surface area contributed by atoms with Crippen molar-refractivity contribution in [3.63, 3.8) is 0 Å². The fourth-order valence-electron chi connectivity index (χ4n) is 4.50. The highest BCUT2D eigenvalue weighted by molar-refractivity contribution is 14.0. The van der Waals surface area contributed by atoms with Crippen molar-refractivity contribution < 1.29 is 9.59 Å². The van der Waals surface area contributed by atoms with Crippen LogP contribution in [0.1, 0.15) is 60.0 Å². The van der Waals surface area contributed by atoms with E-state index in [1.54, 1.807) is 0 Å². The van der Waals surface area contributed by atoms with E-state index in [-0.39, 0.29) is 41.7 Å². The highest BCUT2D eigenvalue weighted by Crippen LogP contribution is 2.31. The van der Waals surface area contributed by atoms with E-state index >= 15 is 0 Å². The molecule has 2 aliphatic heterocycles. The Labute approximate surface area is 218 Å². The van der Waals surface area contributed by atoms with E-state index in [1.165, 1.54) is 6.42 Å². The van der Waals surface area contributed by atoms with Crippen molar-refractivity contribution in [3.8, 4) is 0 Å². The van der Waals surface area contributed by atoms with Gasteiger partial charge in [-0.25, -0.2) is 4.99 Å². The van der Waals surface area contributed by atoms with Crippen LogP contribution in [0.3, 0.4) is 0 Å². The van der Waals surface area contributed by atoms with Gasteiger partial charge in [-0.3, -0.25) is 9.59 Å². The van der Waals surface area contributed by atoms with Gasteiger partial charge in [0.1, 0.15) is 0 Å². The number of anilines is 1. The predicted octanol–water partition coefficient (Wildman–Crippen LogP) is 4.11. The van der Waals surface area contributed by atoms with Gasteiger partial charge in [0.25, 0.3) is 5.91 Å². The van der Waals surface area contributed by atoms with Gasteiger partial charge < -0.3 is 20.9 Å². The Bertz CT molecular complexity index is 1020. The molecule has 0 radical (unpaired) electrons. The predicted molar refractivity (Wildman–Crippen MR) is 147 cm³/mol. The topological polar surface area (TPSA) is 85.8 Å². The SMILES string of the molecule is CCNC(=NCc1cccc(C(=O)N2CCCCC2)c1)NCC1CC(=O)Nc2ccccc21.I. The quantitative estimate of drug-likeness (QED) is 0.275. The standard InChI is InChI=1S/C26H33N5O2.HI/c1-2-27-26(29-18-21-16-24(32)30-23-12-5-4-11-22(21)23)28-17-19-9-8-10-20(15-19)25(33)31-13-6-3-7-14-31;/h4-5,8-12,15,21H,2-3,6-7,13-14,16-18H2,1H3,(H,30,32)(H2,27,28,29);1H. The maximum atomic E-state index is 12.8. The molecule has 2 amide bonds. The largest absolute Gasteiger partial charge is 0.357 e. The number of hydrogen-bond donors (Lipinski definition) is 3. The Hall–Kier alpha value is -2.62. The molecule has 3 N–H and O–H groups in total. The first-order valence-corrected chi connectivity index (χ1v) is 11.9. The number of hydrogen-bond acceptors (Lipinski definition) is 3. The highest BCUT2D eigenvalue weighted by atomic mass is 127. The number of para-hydroxylation sites is 1. The molecule has 0 aliphatic carbocycles. The zero-order valence-corrected chi connectivity index (χ0v) is 22.0. The lowest BCUT2D eigenvalue weighted by Gasteiger charge is -2.27. The number of aliphatic imine (C=N–C) groups is 1. The molecule has 1 atom stereocenters. The van der Waals surface area contributed by atoms with Crippen LogP contribution >= 0.6 is 24.0 Å². The van der Waals surface area contributed by atoms with Crippen LogP contribution in [-0.2, 0) is 11.3 Å². The van der Waals surface area contributed by atoms with Crippen molar-refractivity contribution in [1.29, 1.82) is 0 Å². The lowest BCUT2D eigenvalue weighted by Crippen LogP contribution is -2.40. The lowest BCUT2D eigenvalue weighted by molar-refractivity contribution is -0.116. The Morgan fingerprint density at radius 3 is 2.68 bits per heavy atom. The molecule has 2 aromatic rings. The molecule has 1 fully saturated rings. The zero-order chi connectivity index (χ0) is 23.0. The summed E-state index contributed by atoms with van der Waals surface area (Å²) in [6.07, 6.45) is 3.82. The van der Waals surface area contributed by atoms with Gasteiger partial charge >= 0.3 is 0 Å².